The van der Waals surface area contributed by atoms with Crippen molar-refractivity contribution in [1.29, 1.82) is 0 Å². The van der Waals surface area contributed by atoms with E-state index in [1.807, 2.05) is 67.6 Å². The van der Waals surface area contributed by atoms with E-state index in [1.54, 1.807) is 11.8 Å². The lowest BCUT2D eigenvalue weighted by Crippen LogP contribution is -2.30. The number of nitrogens with one attached hydrogen (secondary N) is 1. The molecule has 27 heavy (non-hydrogen) atoms. The lowest BCUT2D eigenvalue weighted by molar-refractivity contribution is 0.0926. The Morgan fingerprint density at radius 3 is 2.48 bits per heavy atom. The number of amides is 1. The number of aromatic nitrogens is 2. The molecule has 1 saturated carbocycles. The summed E-state index contributed by atoms with van der Waals surface area (Å²) in [7, 11) is 1.65. The van der Waals surface area contributed by atoms with Gasteiger partial charge < -0.3 is 10.1 Å². The molecule has 4 rings (SSSR count). The Bertz CT molecular complexity index is 928. The topological polar surface area (TPSA) is 56.1 Å². The van der Waals surface area contributed by atoms with Crippen molar-refractivity contribution >= 4 is 5.91 Å². The van der Waals surface area contributed by atoms with Crippen LogP contribution in [0.3, 0.4) is 0 Å². The molecule has 0 bridgehead atoms. The van der Waals surface area contributed by atoms with E-state index in [9.17, 15) is 4.79 Å². The molecule has 1 aliphatic rings. The fourth-order valence-electron chi connectivity index (χ4n) is 3.35. The van der Waals surface area contributed by atoms with Gasteiger partial charge in [0.25, 0.3) is 5.91 Å². The molecule has 1 N–H and O–H groups in total. The van der Waals surface area contributed by atoms with E-state index in [2.05, 4.69) is 10.4 Å². The van der Waals surface area contributed by atoms with Gasteiger partial charge in [-0.1, -0.05) is 30.3 Å². The third-order valence-corrected chi connectivity index (χ3v) is 4.98. The minimum absolute atomic E-state index is 0.00517. The van der Waals surface area contributed by atoms with Crippen LogP contribution in [0.25, 0.3) is 5.69 Å². The van der Waals surface area contributed by atoms with Crippen molar-refractivity contribution in [1.82, 2.24) is 15.1 Å². The van der Waals surface area contributed by atoms with Gasteiger partial charge in [0.05, 0.1) is 18.8 Å². The molecule has 1 unspecified atom stereocenters. The molecule has 0 spiro atoms. The standard InChI is InChI=1S/C22H23N3O2/c1-15-14-20(24-25(15)18-6-4-3-5-7-18)22(26)23-21(16-8-9-16)17-10-12-19(27-2)13-11-17/h3-7,10-14,16,21H,8-9H2,1-2H3,(H,23,26). The Labute approximate surface area is 159 Å². The first-order chi connectivity index (χ1) is 13.2. The maximum Gasteiger partial charge on any atom is 0.272 e. The van der Waals surface area contributed by atoms with Crippen molar-refractivity contribution < 1.29 is 9.53 Å². The van der Waals surface area contributed by atoms with Crippen molar-refractivity contribution in [2.45, 2.75) is 25.8 Å². The molecule has 3 aromatic rings. The second-order valence-corrected chi connectivity index (χ2v) is 6.98. The smallest absolute Gasteiger partial charge is 0.272 e. The zero-order valence-corrected chi connectivity index (χ0v) is 15.6. The fourth-order valence-corrected chi connectivity index (χ4v) is 3.35. The van der Waals surface area contributed by atoms with Crippen LogP contribution in [0, 0.1) is 12.8 Å². The van der Waals surface area contributed by atoms with Gasteiger partial charge in [-0.2, -0.15) is 5.10 Å². The van der Waals surface area contributed by atoms with E-state index >= 15 is 0 Å². The van der Waals surface area contributed by atoms with E-state index in [4.69, 9.17) is 4.74 Å². The van der Waals surface area contributed by atoms with E-state index in [-0.39, 0.29) is 11.9 Å². The number of aryl methyl sites for hydroxylation is 1. The van der Waals surface area contributed by atoms with E-state index in [0.717, 1.165) is 35.5 Å². The van der Waals surface area contributed by atoms with Gasteiger partial charge in [-0.25, -0.2) is 4.68 Å². The van der Waals surface area contributed by atoms with E-state index in [0.29, 0.717) is 11.6 Å². The number of hydrogen-bond acceptors (Lipinski definition) is 3. The summed E-state index contributed by atoms with van der Waals surface area (Å²) in [5.41, 5.74) is 3.42. The summed E-state index contributed by atoms with van der Waals surface area (Å²) in [4.78, 5) is 12.9. The third-order valence-electron chi connectivity index (χ3n) is 4.98. The van der Waals surface area contributed by atoms with Crippen molar-refractivity contribution in [3.8, 4) is 11.4 Å². The second-order valence-electron chi connectivity index (χ2n) is 6.98. The Balaban J connectivity index is 1.55. The van der Waals surface area contributed by atoms with Gasteiger partial charge in [-0.05, 0) is 61.6 Å². The van der Waals surface area contributed by atoms with Gasteiger partial charge in [0.2, 0.25) is 0 Å². The molecular formula is C22H23N3O2. The van der Waals surface area contributed by atoms with Gasteiger partial charge in [0.15, 0.2) is 5.69 Å². The Kier molecular flexibility index (Phi) is 4.67. The van der Waals surface area contributed by atoms with Crippen LogP contribution < -0.4 is 10.1 Å². The molecular weight excluding hydrogens is 338 g/mol. The summed E-state index contributed by atoms with van der Waals surface area (Å²) in [6, 6.07) is 19.6. The Morgan fingerprint density at radius 2 is 1.85 bits per heavy atom. The first-order valence-corrected chi connectivity index (χ1v) is 9.22. The van der Waals surface area contributed by atoms with E-state index in [1.165, 1.54) is 0 Å². The average Bonchev–Trinajstić information content (AvgIpc) is 3.48. The molecule has 1 fully saturated rings. The maximum atomic E-state index is 12.9. The van der Waals surface area contributed by atoms with E-state index < -0.39 is 0 Å². The van der Waals surface area contributed by atoms with Crippen LogP contribution in [-0.2, 0) is 0 Å². The van der Waals surface area contributed by atoms with Gasteiger partial charge in [-0.15, -0.1) is 0 Å². The van der Waals surface area contributed by atoms with Crippen molar-refractivity contribution in [3.05, 3.63) is 77.6 Å². The molecule has 0 saturated heterocycles. The zero-order valence-electron chi connectivity index (χ0n) is 15.6. The summed E-state index contributed by atoms with van der Waals surface area (Å²) < 4.78 is 7.03. The molecule has 0 aliphatic heterocycles. The fraction of sp³-hybridized carbons (Fsp3) is 0.273. The minimum Gasteiger partial charge on any atom is -0.497 e. The average molecular weight is 361 g/mol. The van der Waals surface area contributed by atoms with Gasteiger partial charge >= 0.3 is 0 Å². The predicted molar refractivity (Wildman–Crippen MR) is 104 cm³/mol. The number of carbonyl (C=O) groups excluding carboxylic acids is 1. The van der Waals surface area contributed by atoms with Gasteiger partial charge in [-0.3, -0.25) is 4.79 Å². The van der Waals surface area contributed by atoms with Crippen LogP contribution in [0.2, 0.25) is 0 Å². The summed E-state index contributed by atoms with van der Waals surface area (Å²) >= 11 is 0. The molecule has 0 radical (unpaired) electrons. The number of hydrogen-bond donors (Lipinski definition) is 1. The number of ether oxygens (including phenoxy) is 1. The number of nitrogens with zero attached hydrogens (tertiary/aromatic N) is 2. The highest BCUT2D eigenvalue weighted by Crippen LogP contribution is 2.41. The van der Waals surface area contributed by atoms with Crippen LogP contribution in [0.4, 0.5) is 0 Å². The third kappa shape index (κ3) is 3.72. The van der Waals surface area contributed by atoms with Gasteiger partial charge in [0, 0.05) is 5.69 Å². The molecule has 1 atom stereocenters. The molecule has 1 amide bonds. The number of carbonyl (C=O) groups is 1. The zero-order chi connectivity index (χ0) is 18.8. The largest absolute Gasteiger partial charge is 0.497 e. The highest BCUT2D eigenvalue weighted by atomic mass is 16.5. The Morgan fingerprint density at radius 1 is 1.15 bits per heavy atom. The molecule has 5 nitrogen and oxygen atoms in total. The van der Waals surface area contributed by atoms with Crippen molar-refractivity contribution in [2.75, 3.05) is 7.11 Å². The van der Waals surface area contributed by atoms with Crippen molar-refractivity contribution in [2.24, 2.45) is 5.92 Å². The first-order valence-electron chi connectivity index (χ1n) is 9.22. The normalized spacial score (nSPS) is 14.6. The quantitative estimate of drug-likeness (QED) is 0.720. The second kappa shape index (κ2) is 7.27. The Hall–Kier alpha value is -3.08. The highest BCUT2D eigenvalue weighted by molar-refractivity contribution is 5.92. The minimum atomic E-state index is -0.138. The summed E-state index contributed by atoms with van der Waals surface area (Å²) in [6.45, 7) is 1.96. The molecule has 1 aliphatic carbocycles. The number of benzene rings is 2. The van der Waals surface area contributed by atoms with Gasteiger partial charge in [0.1, 0.15) is 5.75 Å². The monoisotopic (exact) mass is 361 g/mol. The lowest BCUT2D eigenvalue weighted by atomic mass is 10.0. The molecule has 138 valence electrons. The number of rotatable bonds is 6. The van der Waals surface area contributed by atoms with Crippen LogP contribution in [0.1, 0.15) is 40.6 Å². The van der Waals surface area contributed by atoms with Crippen LogP contribution in [0.15, 0.2) is 60.7 Å². The summed E-state index contributed by atoms with van der Waals surface area (Å²) in [5.74, 6) is 1.16. The maximum absolute atomic E-state index is 12.9. The molecule has 1 aromatic heterocycles. The number of para-hydroxylation sites is 1. The molecule has 5 heteroatoms. The van der Waals surface area contributed by atoms with Crippen LogP contribution in [-0.4, -0.2) is 22.8 Å². The lowest BCUT2D eigenvalue weighted by Gasteiger charge is -2.18. The number of methoxy groups -OCH3 is 1. The highest BCUT2D eigenvalue weighted by Gasteiger charge is 2.34. The SMILES string of the molecule is COc1ccc(C(NC(=O)c2cc(C)n(-c3ccccc3)n2)C2CC2)cc1. The molecule has 2 aromatic carbocycles. The summed E-state index contributed by atoms with van der Waals surface area (Å²) in [6.07, 6.45) is 2.27. The first kappa shape index (κ1) is 17.3. The summed E-state index contributed by atoms with van der Waals surface area (Å²) in [5, 5.41) is 7.70. The van der Waals surface area contributed by atoms with Crippen LogP contribution >= 0.6 is 0 Å². The van der Waals surface area contributed by atoms with Crippen LogP contribution in [0.5, 0.6) is 5.75 Å². The van der Waals surface area contributed by atoms with Crippen molar-refractivity contribution in [3.63, 3.8) is 0 Å². The molecule has 1 heterocycles. The predicted octanol–water partition coefficient (Wildman–Crippen LogP) is 4.07.